The molecule has 2 rings (SSSR count). The van der Waals surface area contributed by atoms with Gasteiger partial charge in [-0.05, 0) is 44.0 Å². The predicted octanol–water partition coefficient (Wildman–Crippen LogP) is 3.11. The maximum Gasteiger partial charge on any atom is 0.126 e. The summed E-state index contributed by atoms with van der Waals surface area (Å²) < 4.78 is 13.2. The smallest absolute Gasteiger partial charge is 0.126 e. The summed E-state index contributed by atoms with van der Waals surface area (Å²) >= 11 is 0. The van der Waals surface area contributed by atoms with E-state index in [1.54, 1.807) is 25.3 Å². The van der Waals surface area contributed by atoms with Crippen LogP contribution in [0, 0.1) is 12.7 Å². The molecule has 0 aliphatic rings. The first kappa shape index (κ1) is 12.8. The van der Waals surface area contributed by atoms with Gasteiger partial charge in [-0.3, -0.25) is 0 Å². The fraction of sp³-hybridized carbons (Fsp3) is 0.357. The maximum absolute atomic E-state index is 13.2. The van der Waals surface area contributed by atoms with Gasteiger partial charge in [-0.1, -0.05) is 6.92 Å². The molecule has 0 bridgehead atoms. The molecule has 0 fully saturated rings. The summed E-state index contributed by atoms with van der Waals surface area (Å²) in [5, 5.41) is 0. The third-order valence-electron chi connectivity index (χ3n) is 3.32. The molecule has 3 N–H and O–H groups in total. The molecule has 18 heavy (non-hydrogen) atoms. The highest BCUT2D eigenvalue weighted by Gasteiger charge is 2.22. The Labute approximate surface area is 106 Å². The molecule has 1 atom stereocenters. The van der Waals surface area contributed by atoms with Crippen LogP contribution in [0.3, 0.4) is 0 Å². The van der Waals surface area contributed by atoms with Crippen LogP contribution in [0.25, 0.3) is 11.3 Å². The molecule has 2 aromatic rings. The number of benzene rings is 1. The van der Waals surface area contributed by atoms with E-state index in [-0.39, 0.29) is 5.82 Å². The van der Waals surface area contributed by atoms with Gasteiger partial charge < -0.3 is 10.7 Å². The predicted molar refractivity (Wildman–Crippen MR) is 70.5 cm³/mol. The first-order chi connectivity index (χ1) is 8.44. The Morgan fingerprint density at radius 3 is 2.78 bits per heavy atom. The number of nitrogens with zero attached hydrogens (tertiary/aromatic N) is 1. The van der Waals surface area contributed by atoms with Crippen LogP contribution in [-0.4, -0.2) is 9.97 Å². The number of halogens is 1. The van der Waals surface area contributed by atoms with E-state index in [0.29, 0.717) is 5.56 Å². The molecule has 0 amide bonds. The number of rotatable bonds is 3. The standard InChI is InChI=1S/C14H18FN3/c1-4-14(3,16)13-17-8-12(18-13)10-5-6-11(15)9(2)7-10/h5-8H,4,16H2,1-3H3,(H,17,18). The van der Waals surface area contributed by atoms with E-state index < -0.39 is 5.54 Å². The van der Waals surface area contributed by atoms with E-state index in [4.69, 9.17) is 5.73 Å². The summed E-state index contributed by atoms with van der Waals surface area (Å²) in [7, 11) is 0. The largest absolute Gasteiger partial charge is 0.340 e. The van der Waals surface area contributed by atoms with E-state index in [1.165, 1.54) is 6.07 Å². The average Bonchev–Trinajstić information content (AvgIpc) is 2.83. The average molecular weight is 247 g/mol. The number of H-pyrrole nitrogens is 1. The van der Waals surface area contributed by atoms with E-state index in [2.05, 4.69) is 9.97 Å². The molecular formula is C14H18FN3. The molecule has 0 spiro atoms. The number of nitrogens with one attached hydrogen (secondary N) is 1. The number of imidazole rings is 1. The molecule has 3 nitrogen and oxygen atoms in total. The Kier molecular flexibility index (Phi) is 3.22. The minimum atomic E-state index is -0.465. The van der Waals surface area contributed by atoms with Gasteiger partial charge in [0.25, 0.3) is 0 Å². The van der Waals surface area contributed by atoms with E-state index in [9.17, 15) is 4.39 Å². The van der Waals surface area contributed by atoms with Gasteiger partial charge in [0.1, 0.15) is 11.6 Å². The van der Waals surface area contributed by atoms with Crippen molar-refractivity contribution >= 4 is 0 Å². The lowest BCUT2D eigenvalue weighted by atomic mass is 10.00. The second kappa shape index (κ2) is 4.53. The lowest BCUT2D eigenvalue weighted by Crippen LogP contribution is -2.33. The van der Waals surface area contributed by atoms with Crippen LogP contribution in [-0.2, 0) is 5.54 Å². The van der Waals surface area contributed by atoms with Crippen LogP contribution >= 0.6 is 0 Å². The first-order valence-electron chi connectivity index (χ1n) is 6.05. The third kappa shape index (κ3) is 2.29. The summed E-state index contributed by atoms with van der Waals surface area (Å²) in [6.45, 7) is 5.70. The van der Waals surface area contributed by atoms with Gasteiger partial charge in [0.15, 0.2) is 0 Å². The molecule has 96 valence electrons. The zero-order chi connectivity index (χ0) is 13.3. The second-order valence-electron chi connectivity index (χ2n) is 4.88. The Bertz CT molecular complexity index is 558. The lowest BCUT2D eigenvalue weighted by molar-refractivity contribution is 0.450. The third-order valence-corrected chi connectivity index (χ3v) is 3.32. The normalized spacial score (nSPS) is 14.5. The number of hydrogen-bond donors (Lipinski definition) is 2. The Hall–Kier alpha value is -1.68. The molecule has 0 saturated heterocycles. The van der Waals surface area contributed by atoms with Crippen LogP contribution in [0.5, 0.6) is 0 Å². The summed E-state index contributed by atoms with van der Waals surface area (Å²) in [5.74, 6) is 0.553. The van der Waals surface area contributed by atoms with E-state index in [1.807, 2.05) is 13.8 Å². The molecule has 1 aromatic heterocycles. The molecule has 0 aliphatic carbocycles. The van der Waals surface area contributed by atoms with Gasteiger partial charge in [-0.15, -0.1) is 0 Å². The van der Waals surface area contributed by atoms with Crippen molar-refractivity contribution in [3.05, 3.63) is 41.6 Å². The van der Waals surface area contributed by atoms with Crippen molar-refractivity contribution in [2.24, 2.45) is 5.73 Å². The number of hydrogen-bond acceptors (Lipinski definition) is 2. The minimum Gasteiger partial charge on any atom is -0.340 e. The number of nitrogens with two attached hydrogens (primary N) is 1. The fourth-order valence-corrected chi connectivity index (χ4v) is 1.74. The highest BCUT2D eigenvalue weighted by atomic mass is 19.1. The monoisotopic (exact) mass is 247 g/mol. The molecule has 0 radical (unpaired) electrons. The van der Waals surface area contributed by atoms with Crippen LogP contribution < -0.4 is 5.73 Å². The van der Waals surface area contributed by atoms with Crippen LogP contribution in [0.15, 0.2) is 24.4 Å². The van der Waals surface area contributed by atoms with Gasteiger partial charge in [-0.2, -0.15) is 0 Å². The zero-order valence-electron chi connectivity index (χ0n) is 10.9. The van der Waals surface area contributed by atoms with Crippen molar-refractivity contribution in [2.75, 3.05) is 0 Å². The number of aryl methyl sites for hydroxylation is 1. The highest BCUT2D eigenvalue weighted by molar-refractivity contribution is 5.59. The van der Waals surface area contributed by atoms with Gasteiger partial charge in [-0.25, -0.2) is 9.37 Å². The molecule has 1 aromatic carbocycles. The van der Waals surface area contributed by atoms with Gasteiger partial charge in [0.2, 0.25) is 0 Å². The van der Waals surface area contributed by atoms with Crippen molar-refractivity contribution in [3.8, 4) is 11.3 Å². The van der Waals surface area contributed by atoms with Crippen LogP contribution in [0.2, 0.25) is 0 Å². The first-order valence-corrected chi connectivity index (χ1v) is 6.05. The van der Waals surface area contributed by atoms with Crippen molar-refractivity contribution in [1.29, 1.82) is 0 Å². The Morgan fingerprint density at radius 2 is 2.17 bits per heavy atom. The van der Waals surface area contributed by atoms with E-state index in [0.717, 1.165) is 23.5 Å². The SMILES string of the molecule is CCC(C)(N)c1ncc(-c2ccc(F)c(C)c2)[nH]1. The summed E-state index contributed by atoms with van der Waals surface area (Å²) in [4.78, 5) is 7.52. The Morgan fingerprint density at radius 1 is 1.44 bits per heavy atom. The van der Waals surface area contributed by atoms with Gasteiger partial charge in [0.05, 0.1) is 17.4 Å². The Balaban J connectivity index is 2.38. The summed E-state index contributed by atoms with van der Waals surface area (Å²) in [5.41, 5.74) is 8.06. The van der Waals surface area contributed by atoms with Crippen molar-refractivity contribution in [2.45, 2.75) is 32.7 Å². The topological polar surface area (TPSA) is 54.7 Å². The maximum atomic E-state index is 13.2. The van der Waals surface area contributed by atoms with Crippen LogP contribution in [0.4, 0.5) is 4.39 Å². The van der Waals surface area contributed by atoms with Crippen molar-refractivity contribution < 1.29 is 4.39 Å². The lowest BCUT2D eigenvalue weighted by Gasteiger charge is -2.19. The van der Waals surface area contributed by atoms with Gasteiger partial charge >= 0.3 is 0 Å². The summed E-state index contributed by atoms with van der Waals surface area (Å²) in [6.07, 6.45) is 2.53. The zero-order valence-corrected chi connectivity index (χ0v) is 10.9. The van der Waals surface area contributed by atoms with Gasteiger partial charge in [0, 0.05) is 5.56 Å². The highest BCUT2D eigenvalue weighted by Crippen LogP contribution is 2.24. The number of aromatic nitrogens is 2. The molecule has 0 saturated carbocycles. The van der Waals surface area contributed by atoms with Crippen molar-refractivity contribution in [3.63, 3.8) is 0 Å². The minimum absolute atomic E-state index is 0.198. The van der Waals surface area contributed by atoms with Crippen molar-refractivity contribution in [1.82, 2.24) is 9.97 Å². The molecule has 4 heteroatoms. The summed E-state index contributed by atoms with van der Waals surface area (Å²) in [6, 6.07) is 5.00. The molecular weight excluding hydrogens is 229 g/mol. The van der Waals surface area contributed by atoms with E-state index >= 15 is 0 Å². The molecule has 0 aliphatic heterocycles. The quantitative estimate of drug-likeness (QED) is 0.875. The fourth-order valence-electron chi connectivity index (χ4n) is 1.74. The number of aromatic amines is 1. The second-order valence-corrected chi connectivity index (χ2v) is 4.88. The van der Waals surface area contributed by atoms with Crippen LogP contribution in [0.1, 0.15) is 31.7 Å². The molecule has 1 unspecified atom stereocenters. The molecule has 1 heterocycles.